The maximum Gasteiger partial charge on any atom is 0.269 e. The van der Waals surface area contributed by atoms with E-state index < -0.39 is 0 Å². The van der Waals surface area contributed by atoms with Crippen molar-refractivity contribution in [3.05, 3.63) is 34.4 Å². The first-order valence-corrected chi connectivity index (χ1v) is 9.45. The topological polar surface area (TPSA) is 64.8 Å². The molecule has 1 aromatic carbocycles. The van der Waals surface area contributed by atoms with Gasteiger partial charge in [-0.3, -0.25) is 10.1 Å². The van der Waals surface area contributed by atoms with E-state index in [2.05, 4.69) is 4.90 Å². The number of hydrogen-bond acceptors (Lipinski definition) is 5. The summed E-state index contributed by atoms with van der Waals surface area (Å²) in [5.74, 6) is 0.734. The standard InChI is InChI=1S/C15H20N2O3.C4H8O/c18-17(19)13-4-6-14(7-5-13)20-15-8-10-16(11-9-15)12-2-1-3-12;1-2-4-5-3-1/h4-7,12,15H,1-3,8-11H2;1-4H2. The monoisotopic (exact) mass is 348 g/mol. The van der Waals surface area contributed by atoms with Crippen molar-refractivity contribution in [1.82, 2.24) is 4.90 Å². The lowest BCUT2D eigenvalue weighted by molar-refractivity contribution is -0.384. The van der Waals surface area contributed by atoms with E-state index in [-0.39, 0.29) is 16.7 Å². The fourth-order valence-electron chi connectivity index (χ4n) is 3.46. The molecule has 0 radical (unpaired) electrons. The summed E-state index contributed by atoms with van der Waals surface area (Å²) >= 11 is 0. The smallest absolute Gasteiger partial charge is 0.269 e. The molecule has 3 fully saturated rings. The highest BCUT2D eigenvalue weighted by Crippen LogP contribution is 2.28. The van der Waals surface area contributed by atoms with E-state index in [0.29, 0.717) is 0 Å². The fourth-order valence-corrected chi connectivity index (χ4v) is 3.46. The molecule has 2 aliphatic heterocycles. The van der Waals surface area contributed by atoms with Crippen molar-refractivity contribution in [3.8, 4) is 5.75 Å². The summed E-state index contributed by atoms with van der Waals surface area (Å²) in [7, 11) is 0. The van der Waals surface area contributed by atoms with Crippen molar-refractivity contribution in [3.63, 3.8) is 0 Å². The maximum absolute atomic E-state index is 10.6. The van der Waals surface area contributed by atoms with Gasteiger partial charge in [0.25, 0.3) is 5.69 Å². The molecular weight excluding hydrogens is 320 g/mol. The van der Waals surface area contributed by atoms with Gasteiger partial charge in [-0.2, -0.15) is 0 Å². The molecule has 0 bridgehead atoms. The highest BCUT2D eigenvalue weighted by atomic mass is 16.6. The molecule has 3 aliphatic rings. The van der Waals surface area contributed by atoms with Crippen LogP contribution in [0.1, 0.15) is 44.9 Å². The Balaban J connectivity index is 0.000000314. The van der Waals surface area contributed by atoms with Crippen molar-refractivity contribution < 1.29 is 14.4 Å². The molecule has 138 valence electrons. The van der Waals surface area contributed by atoms with Crippen LogP contribution in [0.15, 0.2) is 24.3 Å². The number of nitrogens with zero attached hydrogens (tertiary/aromatic N) is 2. The van der Waals surface area contributed by atoms with Gasteiger partial charge in [-0.25, -0.2) is 0 Å². The van der Waals surface area contributed by atoms with Gasteiger partial charge in [-0.1, -0.05) is 6.42 Å². The van der Waals surface area contributed by atoms with Crippen LogP contribution in [0.25, 0.3) is 0 Å². The fraction of sp³-hybridized carbons (Fsp3) is 0.684. The Morgan fingerprint density at radius 3 is 2.08 bits per heavy atom. The quantitative estimate of drug-likeness (QED) is 0.612. The van der Waals surface area contributed by atoms with Gasteiger partial charge < -0.3 is 14.4 Å². The molecule has 0 atom stereocenters. The average Bonchev–Trinajstić information content (AvgIpc) is 3.15. The summed E-state index contributed by atoms with van der Waals surface area (Å²) in [5, 5.41) is 10.6. The summed E-state index contributed by atoms with van der Waals surface area (Å²) in [4.78, 5) is 12.8. The number of rotatable bonds is 4. The molecule has 6 nitrogen and oxygen atoms in total. The molecule has 2 heterocycles. The molecule has 6 heteroatoms. The molecule has 0 amide bonds. The second kappa shape index (κ2) is 9.15. The molecule has 25 heavy (non-hydrogen) atoms. The lowest BCUT2D eigenvalue weighted by Crippen LogP contribution is -2.46. The number of likely N-dealkylation sites (tertiary alicyclic amines) is 1. The van der Waals surface area contributed by atoms with Crippen LogP contribution in [0.4, 0.5) is 5.69 Å². The van der Waals surface area contributed by atoms with Gasteiger partial charge in [0.15, 0.2) is 0 Å². The van der Waals surface area contributed by atoms with Crippen LogP contribution in [0.5, 0.6) is 5.75 Å². The predicted molar refractivity (Wildman–Crippen MR) is 96.0 cm³/mol. The van der Waals surface area contributed by atoms with Crippen molar-refractivity contribution in [2.75, 3.05) is 26.3 Å². The summed E-state index contributed by atoms with van der Waals surface area (Å²) in [5.41, 5.74) is 0.108. The number of non-ortho nitro benzene ring substituents is 1. The summed E-state index contributed by atoms with van der Waals surface area (Å²) < 4.78 is 10.9. The van der Waals surface area contributed by atoms with Gasteiger partial charge in [0.2, 0.25) is 0 Å². The molecule has 4 rings (SSSR count). The highest BCUT2D eigenvalue weighted by molar-refractivity contribution is 5.36. The van der Waals surface area contributed by atoms with Crippen LogP contribution in [-0.4, -0.2) is 48.3 Å². The zero-order valence-electron chi connectivity index (χ0n) is 14.8. The molecule has 0 N–H and O–H groups in total. The molecular formula is C19H28N2O4. The van der Waals surface area contributed by atoms with Gasteiger partial charge in [0.1, 0.15) is 11.9 Å². The summed E-state index contributed by atoms with van der Waals surface area (Å²) in [6, 6.07) is 7.19. The van der Waals surface area contributed by atoms with Crippen LogP contribution in [-0.2, 0) is 4.74 Å². The Bertz CT molecular complexity index is 525. The van der Waals surface area contributed by atoms with Crippen LogP contribution >= 0.6 is 0 Å². The SMILES string of the molecule is C1CCOC1.O=[N+]([O-])c1ccc(OC2CCN(C3CCC3)CC2)cc1. The van der Waals surface area contributed by atoms with Crippen LogP contribution in [0.2, 0.25) is 0 Å². The molecule has 1 aromatic rings. The first-order chi connectivity index (χ1) is 12.2. The van der Waals surface area contributed by atoms with Crippen LogP contribution in [0, 0.1) is 10.1 Å². The van der Waals surface area contributed by atoms with E-state index in [1.54, 1.807) is 12.1 Å². The summed E-state index contributed by atoms with van der Waals surface area (Å²) in [6.07, 6.45) is 8.99. The molecule has 0 spiro atoms. The van der Waals surface area contributed by atoms with Gasteiger partial charge >= 0.3 is 0 Å². The number of nitro groups is 1. The Hall–Kier alpha value is -1.66. The third kappa shape index (κ3) is 5.41. The van der Waals surface area contributed by atoms with Crippen molar-refractivity contribution in [1.29, 1.82) is 0 Å². The molecule has 1 saturated carbocycles. The summed E-state index contributed by atoms with van der Waals surface area (Å²) in [6.45, 7) is 4.23. The van der Waals surface area contributed by atoms with Gasteiger partial charge in [-0.05, 0) is 50.7 Å². The van der Waals surface area contributed by atoms with Crippen molar-refractivity contribution in [2.24, 2.45) is 0 Å². The predicted octanol–water partition coefficient (Wildman–Crippen LogP) is 3.79. The van der Waals surface area contributed by atoms with Crippen molar-refractivity contribution >= 4 is 5.69 Å². The number of benzene rings is 1. The minimum atomic E-state index is -0.388. The zero-order valence-corrected chi connectivity index (χ0v) is 14.8. The maximum atomic E-state index is 10.6. The Morgan fingerprint density at radius 2 is 1.64 bits per heavy atom. The van der Waals surface area contributed by atoms with Gasteiger partial charge in [0, 0.05) is 44.5 Å². The molecule has 2 saturated heterocycles. The number of ether oxygens (including phenoxy) is 2. The normalized spacial score (nSPS) is 21.9. The average molecular weight is 348 g/mol. The second-order valence-corrected chi connectivity index (χ2v) is 7.01. The van der Waals surface area contributed by atoms with E-state index in [9.17, 15) is 10.1 Å². The Morgan fingerprint density at radius 1 is 1.00 bits per heavy atom. The van der Waals surface area contributed by atoms with Crippen LogP contribution in [0.3, 0.4) is 0 Å². The minimum Gasteiger partial charge on any atom is -0.490 e. The zero-order chi connectivity index (χ0) is 17.5. The third-order valence-electron chi connectivity index (χ3n) is 5.25. The molecule has 0 unspecified atom stereocenters. The Labute approximate surface area is 149 Å². The van der Waals surface area contributed by atoms with E-state index in [1.165, 1.54) is 44.2 Å². The molecule has 1 aliphatic carbocycles. The van der Waals surface area contributed by atoms with Crippen molar-refractivity contribution in [2.45, 2.75) is 57.1 Å². The van der Waals surface area contributed by atoms with E-state index >= 15 is 0 Å². The number of hydrogen-bond donors (Lipinski definition) is 0. The number of piperidine rings is 1. The van der Waals surface area contributed by atoms with Gasteiger partial charge in [-0.15, -0.1) is 0 Å². The Kier molecular flexibility index (Phi) is 6.64. The highest BCUT2D eigenvalue weighted by Gasteiger charge is 2.29. The first-order valence-electron chi connectivity index (χ1n) is 9.45. The molecule has 0 aromatic heterocycles. The first kappa shape index (κ1) is 18.1. The van der Waals surface area contributed by atoms with E-state index in [4.69, 9.17) is 9.47 Å². The van der Waals surface area contributed by atoms with E-state index in [0.717, 1.165) is 50.9 Å². The second-order valence-electron chi connectivity index (χ2n) is 7.01. The largest absolute Gasteiger partial charge is 0.490 e. The lowest BCUT2D eigenvalue weighted by atomic mass is 9.90. The van der Waals surface area contributed by atoms with Gasteiger partial charge in [0.05, 0.1) is 4.92 Å². The lowest BCUT2D eigenvalue weighted by Gasteiger charge is -2.41. The number of nitro benzene ring substituents is 1. The van der Waals surface area contributed by atoms with Crippen LogP contribution < -0.4 is 4.74 Å². The van der Waals surface area contributed by atoms with E-state index in [1.807, 2.05) is 0 Å². The third-order valence-corrected chi connectivity index (χ3v) is 5.25. The minimum absolute atomic E-state index is 0.108.